The summed E-state index contributed by atoms with van der Waals surface area (Å²) in [6.45, 7) is 5.90. The Morgan fingerprint density at radius 2 is 1.95 bits per heavy atom. The molecule has 0 spiro atoms. The fraction of sp³-hybridized carbons (Fsp3) is 0.462. The van der Waals surface area contributed by atoms with Crippen molar-refractivity contribution in [3.8, 4) is 0 Å². The minimum absolute atomic E-state index is 0.199. The fourth-order valence-corrected chi connectivity index (χ4v) is 3.05. The van der Waals surface area contributed by atoms with Gasteiger partial charge in [0.25, 0.3) is 0 Å². The molecule has 2 aromatic rings. The van der Waals surface area contributed by atoms with Gasteiger partial charge in [-0.3, -0.25) is 5.10 Å². The van der Waals surface area contributed by atoms with Crippen LogP contribution in [0.1, 0.15) is 54.3 Å². The number of aromatic nitrogens is 2. The molecule has 0 aliphatic rings. The Balaban J connectivity index is 2.34. The molecule has 104 valence electrons. The molecular formula is C13H15F3N2S. The van der Waals surface area contributed by atoms with Gasteiger partial charge in [-0.25, -0.2) is 0 Å². The van der Waals surface area contributed by atoms with Crippen LogP contribution in [-0.4, -0.2) is 10.2 Å². The predicted molar refractivity (Wildman–Crippen MR) is 69.5 cm³/mol. The first-order valence-corrected chi connectivity index (χ1v) is 6.87. The lowest BCUT2D eigenvalue weighted by atomic mass is 9.98. The Morgan fingerprint density at radius 1 is 1.26 bits per heavy atom. The van der Waals surface area contributed by atoms with Crippen LogP contribution in [0.25, 0.3) is 0 Å². The average Bonchev–Trinajstić information content (AvgIpc) is 2.96. The van der Waals surface area contributed by atoms with Gasteiger partial charge in [0.05, 0.1) is 6.20 Å². The van der Waals surface area contributed by atoms with Crippen molar-refractivity contribution in [1.29, 1.82) is 0 Å². The van der Waals surface area contributed by atoms with Crippen LogP contribution < -0.4 is 0 Å². The molecule has 0 amide bonds. The molecule has 0 saturated heterocycles. The Morgan fingerprint density at radius 3 is 2.47 bits per heavy atom. The molecule has 6 heteroatoms. The van der Waals surface area contributed by atoms with Gasteiger partial charge in [0, 0.05) is 16.4 Å². The number of thiophene rings is 1. The normalized spacial score (nSPS) is 14.1. The fourth-order valence-electron chi connectivity index (χ4n) is 1.90. The molecule has 0 radical (unpaired) electrons. The Hall–Kier alpha value is -1.30. The van der Waals surface area contributed by atoms with E-state index in [2.05, 4.69) is 24.0 Å². The van der Waals surface area contributed by atoms with Gasteiger partial charge in [0.15, 0.2) is 0 Å². The highest BCUT2D eigenvalue weighted by molar-refractivity contribution is 7.10. The van der Waals surface area contributed by atoms with E-state index in [1.165, 1.54) is 17.5 Å². The maximum Gasteiger partial charge on any atom is 0.433 e. The molecule has 1 unspecified atom stereocenters. The van der Waals surface area contributed by atoms with Gasteiger partial charge >= 0.3 is 6.18 Å². The molecule has 0 aromatic carbocycles. The largest absolute Gasteiger partial charge is 0.433 e. The van der Waals surface area contributed by atoms with Gasteiger partial charge in [0.1, 0.15) is 5.69 Å². The number of rotatable bonds is 3. The summed E-state index contributed by atoms with van der Waals surface area (Å²) in [5.41, 5.74) is 0.605. The molecular weight excluding hydrogens is 273 g/mol. The van der Waals surface area contributed by atoms with Crippen molar-refractivity contribution in [2.24, 2.45) is 0 Å². The lowest BCUT2D eigenvalue weighted by Crippen LogP contribution is -2.10. The summed E-state index contributed by atoms with van der Waals surface area (Å²) in [5, 5.41) is 7.60. The molecule has 0 aliphatic heterocycles. The van der Waals surface area contributed by atoms with Crippen LogP contribution in [0.5, 0.6) is 0 Å². The number of nitrogens with zero attached hydrogens (tertiary/aromatic N) is 1. The summed E-state index contributed by atoms with van der Waals surface area (Å²) in [7, 11) is 0. The lowest BCUT2D eigenvalue weighted by Gasteiger charge is -2.12. The number of hydrogen-bond donors (Lipinski definition) is 1. The maximum atomic E-state index is 12.8. The molecule has 1 atom stereocenters. The van der Waals surface area contributed by atoms with Crippen LogP contribution >= 0.6 is 11.3 Å². The van der Waals surface area contributed by atoms with Crippen molar-refractivity contribution in [3.63, 3.8) is 0 Å². The van der Waals surface area contributed by atoms with E-state index in [-0.39, 0.29) is 11.5 Å². The van der Waals surface area contributed by atoms with Crippen molar-refractivity contribution in [1.82, 2.24) is 10.2 Å². The first-order valence-electron chi connectivity index (χ1n) is 5.99. The third-order valence-electron chi connectivity index (χ3n) is 3.15. The quantitative estimate of drug-likeness (QED) is 0.866. The first kappa shape index (κ1) is 14.1. The van der Waals surface area contributed by atoms with E-state index < -0.39 is 11.9 Å². The Kier molecular flexibility index (Phi) is 3.71. The smallest absolute Gasteiger partial charge is 0.273 e. The van der Waals surface area contributed by atoms with Crippen LogP contribution in [0.2, 0.25) is 0 Å². The standard InChI is InChI=1S/C13H15F3N2S/c1-7(2)9-4-11(19-6-9)8(3)10-5-17-18-12(10)13(14,15)16/h4-8H,1-3H3,(H,17,18). The van der Waals surface area contributed by atoms with Gasteiger partial charge in [-0.1, -0.05) is 20.8 Å². The van der Waals surface area contributed by atoms with Gasteiger partial charge in [-0.2, -0.15) is 18.3 Å². The van der Waals surface area contributed by atoms with E-state index in [1.54, 1.807) is 6.92 Å². The molecule has 0 saturated carbocycles. The maximum absolute atomic E-state index is 12.8. The first-order chi connectivity index (χ1) is 8.80. The van der Waals surface area contributed by atoms with Crippen LogP contribution in [0.3, 0.4) is 0 Å². The second-order valence-corrected chi connectivity index (χ2v) is 5.80. The summed E-state index contributed by atoms with van der Waals surface area (Å²) >= 11 is 1.49. The van der Waals surface area contributed by atoms with Crippen molar-refractivity contribution in [2.45, 2.75) is 38.8 Å². The zero-order chi connectivity index (χ0) is 14.2. The van der Waals surface area contributed by atoms with E-state index in [0.717, 1.165) is 10.4 Å². The van der Waals surface area contributed by atoms with Crippen LogP contribution in [-0.2, 0) is 6.18 Å². The molecule has 0 fully saturated rings. The SMILES string of the molecule is CC(C)c1csc(C(C)c2cn[nH]c2C(F)(F)F)c1. The average molecular weight is 288 g/mol. The molecule has 0 aliphatic carbocycles. The zero-order valence-corrected chi connectivity index (χ0v) is 11.7. The highest BCUT2D eigenvalue weighted by Crippen LogP contribution is 2.38. The minimum Gasteiger partial charge on any atom is -0.273 e. The Labute approximate surface area is 113 Å². The summed E-state index contributed by atoms with van der Waals surface area (Å²) in [4.78, 5) is 0.926. The third kappa shape index (κ3) is 2.83. The van der Waals surface area contributed by atoms with Crippen LogP contribution in [0.15, 0.2) is 17.6 Å². The molecule has 2 heterocycles. The predicted octanol–water partition coefficient (Wildman–Crippen LogP) is 4.77. The molecule has 2 rings (SSSR count). The molecule has 0 bridgehead atoms. The monoisotopic (exact) mass is 288 g/mol. The van der Waals surface area contributed by atoms with Crippen molar-refractivity contribution < 1.29 is 13.2 Å². The van der Waals surface area contributed by atoms with Gasteiger partial charge in [-0.15, -0.1) is 11.3 Å². The molecule has 1 N–H and O–H groups in total. The van der Waals surface area contributed by atoms with Crippen molar-refractivity contribution >= 4 is 11.3 Å². The zero-order valence-electron chi connectivity index (χ0n) is 10.9. The Bertz CT molecular complexity index is 554. The number of hydrogen-bond acceptors (Lipinski definition) is 2. The molecule has 19 heavy (non-hydrogen) atoms. The van der Waals surface area contributed by atoms with E-state index in [0.29, 0.717) is 5.92 Å². The second-order valence-electron chi connectivity index (χ2n) is 4.86. The van der Waals surface area contributed by atoms with E-state index >= 15 is 0 Å². The lowest BCUT2D eigenvalue weighted by molar-refractivity contribution is -0.141. The van der Waals surface area contributed by atoms with Crippen LogP contribution in [0, 0.1) is 0 Å². The number of nitrogens with one attached hydrogen (secondary N) is 1. The summed E-state index contributed by atoms with van der Waals surface area (Å²) in [5.74, 6) is 0.0662. The van der Waals surface area contributed by atoms with Crippen molar-refractivity contribution in [2.75, 3.05) is 0 Å². The van der Waals surface area contributed by atoms with Crippen LogP contribution in [0.4, 0.5) is 13.2 Å². The second kappa shape index (κ2) is 5.00. The number of H-pyrrole nitrogens is 1. The minimum atomic E-state index is -4.39. The highest BCUT2D eigenvalue weighted by Gasteiger charge is 2.37. The van der Waals surface area contributed by atoms with E-state index in [9.17, 15) is 13.2 Å². The topological polar surface area (TPSA) is 28.7 Å². The highest BCUT2D eigenvalue weighted by atomic mass is 32.1. The van der Waals surface area contributed by atoms with Gasteiger partial charge in [0.2, 0.25) is 0 Å². The summed E-state index contributed by atoms with van der Waals surface area (Å²) in [6.07, 6.45) is -3.12. The van der Waals surface area contributed by atoms with Gasteiger partial charge < -0.3 is 0 Å². The van der Waals surface area contributed by atoms with Crippen molar-refractivity contribution in [3.05, 3.63) is 39.3 Å². The van der Waals surface area contributed by atoms with Gasteiger partial charge in [-0.05, 0) is 22.9 Å². The summed E-state index contributed by atoms with van der Waals surface area (Å²) < 4.78 is 38.5. The molecule has 2 nitrogen and oxygen atoms in total. The van der Waals surface area contributed by atoms with E-state index in [4.69, 9.17) is 0 Å². The third-order valence-corrected chi connectivity index (χ3v) is 4.29. The summed E-state index contributed by atoms with van der Waals surface area (Å²) in [6, 6.07) is 1.98. The van der Waals surface area contributed by atoms with E-state index in [1.807, 2.05) is 11.4 Å². The molecule has 2 aromatic heterocycles. The number of alkyl halides is 3. The number of aromatic amines is 1. The number of halogens is 3.